The number of hydrogen-bond acceptors (Lipinski definition) is 12. The number of hydrogen-bond donors (Lipinski definition) is 3. The minimum Gasteiger partial charge on any atom is -0.387 e. The highest BCUT2D eigenvalue weighted by Gasteiger charge is 2.52. The number of halogens is 1. The number of terminal acetylenes is 1. The first-order valence-corrected chi connectivity index (χ1v) is 16.4. The number of rotatable bonds is 1. The maximum absolute atomic E-state index is 15.8. The van der Waals surface area contributed by atoms with Gasteiger partial charge in [-0.15, -0.1) is 6.42 Å². The Hall–Kier alpha value is -1.51. The lowest BCUT2D eigenvalue weighted by Gasteiger charge is -2.25. The molecular weight excluding hydrogens is 587 g/mol. The molecule has 0 amide bonds. The maximum Gasteiger partial charge on any atom is 0.386 e. The van der Waals surface area contributed by atoms with E-state index >= 15 is 4.39 Å². The fraction of sp³-hybridized carbons (Fsp3) is 0.526. The summed E-state index contributed by atoms with van der Waals surface area (Å²) in [6, 6.07) is 0. The normalized spacial score (nSPS) is 42.3. The Bertz CT molecular complexity index is 1520. The molecule has 6 rings (SSSR count). The quantitative estimate of drug-likeness (QED) is 0.206. The van der Waals surface area contributed by atoms with Crippen molar-refractivity contribution in [3.05, 3.63) is 24.9 Å². The number of ether oxygens (including phenoxy) is 2. The van der Waals surface area contributed by atoms with Crippen molar-refractivity contribution in [1.29, 1.82) is 0 Å². The van der Waals surface area contributed by atoms with Gasteiger partial charge in [0.25, 0.3) is 0 Å². The zero-order valence-corrected chi connectivity index (χ0v) is 22.5. The van der Waals surface area contributed by atoms with E-state index in [9.17, 15) is 14.6 Å². The van der Waals surface area contributed by atoms with Crippen LogP contribution < -0.4 is 0 Å². The molecule has 2 unspecified atom stereocenters. The van der Waals surface area contributed by atoms with Gasteiger partial charge >= 0.3 is 13.5 Å². The molecule has 3 saturated heterocycles. The summed E-state index contributed by atoms with van der Waals surface area (Å²) in [5.41, 5.74) is 0.922. The summed E-state index contributed by atoms with van der Waals surface area (Å²) in [7, 11) is 0. The van der Waals surface area contributed by atoms with E-state index < -0.39 is 75.8 Å². The van der Waals surface area contributed by atoms with Gasteiger partial charge in [-0.3, -0.25) is 18.0 Å². The highest BCUT2D eigenvalue weighted by Crippen LogP contribution is 2.58. The number of aromatic nitrogens is 5. The Labute approximate surface area is 224 Å². The Morgan fingerprint density at radius 1 is 1.21 bits per heavy atom. The van der Waals surface area contributed by atoms with E-state index in [4.69, 9.17) is 45.8 Å². The molecule has 0 spiro atoms. The lowest BCUT2D eigenvalue weighted by molar-refractivity contribution is -0.0467. The van der Waals surface area contributed by atoms with Crippen LogP contribution in [0.1, 0.15) is 6.23 Å². The average molecular weight is 607 g/mol. The number of fused-ring (bicyclic) bond motifs is 6. The van der Waals surface area contributed by atoms with E-state index in [0.717, 1.165) is 0 Å². The summed E-state index contributed by atoms with van der Waals surface area (Å²) in [5, 5.41) is 10.6. The Morgan fingerprint density at radius 2 is 2.00 bits per heavy atom. The predicted octanol–water partition coefficient (Wildman–Crippen LogP) is 1.15. The smallest absolute Gasteiger partial charge is 0.386 e. The van der Waals surface area contributed by atoms with Crippen molar-refractivity contribution < 1.29 is 46.5 Å². The molecule has 10 atom stereocenters. The van der Waals surface area contributed by atoms with Crippen molar-refractivity contribution in [3.8, 4) is 12.3 Å². The number of nitrogens with zero attached hydrogens (tertiary/aromatic N) is 5. The molecule has 2 N–H and O–H groups in total. The minimum atomic E-state index is -4.24. The van der Waals surface area contributed by atoms with Crippen molar-refractivity contribution in [3.63, 3.8) is 0 Å². The van der Waals surface area contributed by atoms with Crippen LogP contribution in [0.25, 0.3) is 16.9 Å². The van der Waals surface area contributed by atoms with Crippen molar-refractivity contribution in [2.45, 2.75) is 49.0 Å². The van der Waals surface area contributed by atoms with E-state index in [2.05, 4.69) is 33.1 Å². The molecule has 3 aliphatic heterocycles. The van der Waals surface area contributed by atoms with Crippen molar-refractivity contribution in [1.82, 2.24) is 23.9 Å². The molecule has 3 aliphatic rings. The monoisotopic (exact) mass is 607 g/mol. The average Bonchev–Trinajstić information content (AvgIpc) is 3.60. The molecular formula is C19H20FN5O9P2S2. The SMILES string of the molecule is C#C[C@@H]1O[C@@H]2COP(=O)(S)O[C@H]3[C@@H](F)[C@H](n4cnc5nc6nccn6c5c4)O[C@@H]3COP(O)(=S)O[C@@H]1[C@@H]2O. The number of imidazole rings is 2. The van der Waals surface area contributed by atoms with E-state index in [1.54, 1.807) is 23.0 Å². The molecule has 3 aromatic rings. The van der Waals surface area contributed by atoms with Crippen LogP contribution in [-0.4, -0.2) is 89.9 Å². The predicted molar refractivity (Wildman–Crippen MR) is 133 cm³/mol. The van der Waals surface area contributed by atoms with Crippen LogP contribution in [0, 0.1) is 12.3 Å². The summed E-state index contributed by atoms with van der Waals surface area (Å²) in [5.74, 6) is 2.70. The molecule has 38 heavy (non-hydrogen) atoms. The molecule has 3 fully saturated rings. The minimum absolute atomic E-state index is 0.385. The Morgan fingerprint density at radius 3 is 2.79 bits per heavy atom. The molecule has 204 valence electrons. The zero-order chi connectivity index (χ0) is 26.8. The van der Waals surface area contributed by atoms with Gasteiger partial charge in [-0.05, 0) is 11.8 Å². The molecule has 14 nitrogen and oxygen atoms in total. The standard InChI is InChI=1S/C19H20FN5O9P2S2/c1-2-10-16-14(26)11(31-10)6-29-35(27,37)33-15-12(7-30-36(28,38)34-16)32-18(13(15)20)24-5-9-17(22-8-24)23-19-21-3-4-25(9)19/h1,3-5,8,10-16,18,26H,6-7H2,(H,27,37)(H,28,38)/t10-,11+,12+,13+,14+,15+,16-,18+,35?,36?/m0/s1. The molecule has 0 radical (unpaired) electrons. The molecule has 0 aromatic carbocycles. The van der Waals surface area contributed by atoms with Gasteiger partial charge in [0.15, 0.2) is 18.0 Å². The van der Waals surface area contributed by atoms with Crippen LogP contribution in [0.5, 0.6) is 0 Å². The third-order valence-electron chi connectivity index (χ3n) is 6.28. The van der Waals surface area contributed by atoms with Crippen LogP contribution in [0.15, 0.2) is 24.9 Å². The first-order valence-electron chi connectivity index (χ1n) is 11.1. The second-order valence-electron chi connectivity index (χ2n) is 8.67. The van der Waals surface area contributed by atoms with Gasteiger partial charge in [-0.2, -0.15) is 4.98 Å². The van der Waals surface area contributed by atoms with Gasteiger partial charge in [0, 0.05) is 18.6 Å². The van der Waals surface area contributed by atoms with Crippen molar-refractivity contribution >= 4 is 54.5 Å². The first kappa shape index (κ1) is 26.7. The molecule has 6 heterocycles. The van der Waals surface area contributed by atoms with Gasteiger partial charge in [-0.25, -0.2) is 18.9 Å². The van der Waals surface area contributed by atoms with Crippen molar-refractivity contribution in [2.75, 3.05) is 13.2 Å². The third kappa shape index (κ3) is 4.83. The zero-order valence-electron chi connectivity index (χ0n) is 19.0. The lowest BCUT2D eigenvalue weighted by Crippen LogP contribution is -2.35. The fourth-order valence-electron chi connectivity index (χ4n) is 4.50. The van der Waals surface area contributed by atoms with Gasteiger partial charge < -0.3 is 28.6 Å². The van der Waals surface area contributed by atoms with Gasteiger partial charge in [0.05, 0.1) is 19.5 Å². The largest absolute Gasteiger partial charge is 0.387 e. The third-order valence-corrected chi connectivity index (χ3v) is 9.45. The van der Waals surface area contributed by atoms with Crippen molar-refractivity contribution in [2.24, 2.45) is 0 Å². The molecule has 0 aliphatic carbocycles. The van der Waals surface area contributed by atoms with E-state index in [1.165, 1.54) is 10.9 Å². The van der Waals surface area contributed by atoms with Crippen LogP contribution >= 0.6 is 25.8 Å². The topological polar surface area (TPSA) is 161 Å². The number of aliphatic hydroxyl groups is 1. The summed E-state index contributed by atoms with van der Waals surface area (Å²) in [6.07, 6.45) is 0.625. The summed E-state index contributed by atoms with van der Waals surface area (Å²) >= 11 is 9.04. The van der Waals surface area contributed by atoms with E-state index in [1.807, 2.05) is 0 Å². The highest BCUT2D eigenvalue weighted by atomic mass is 32.7. The summed E-state index contributed by atoms with van der Waals surface area (Å²) < 4.78 is 64.9. The molecule has 2 bridgehead atoms. The van der Waals surface area contributed by atoms with Crippen LogP contribution in [-0.2, 0) is 43.9 Å². The number of thiol groups is 1. The van der Waals surface area contributed by atoms with Gasteiger partial charge in [-0.1, -0.05) is 18.2 Å². The molecule has 0 saturated carbocycles. The van der Waals surface area contributed by atoms with Crippen LogP contribution in [0.3, 0.4) is 0 Å². The first-order chi connectivity index (χ1) is 18.0. The molecule has 3 aromatic heterocycles. The summed E-state index contributed by atoms with van der Waals surface area (Å²) in [4.78, 5) is 23.3. The summed E-state index contributed by atoms with van der Waals surface area (Å²) in [6.45, 7) is -9.32. The second kappa shape index (κ2) is 9.84. The maximum atomic E-state index is 15.8. The Kier molecular flexibility index (Phi) is 6.92. The molecule has 19 heteroatoms. The lowest BCUT2D eigenvalue weighted by atomic mass is 10.1. The second-order valence-corrected chi connectivity index (χ2v) is 14.3. The Balaban J connectivity index is 1.31. The fourth-order valence-corrected chi connectivity index (χ4v) is 7.40. The van der Waals surface area contributed by atoms with E-state index in [-0.39, 0.29) is 0 Å². The number of aliphatic hydroxyl groups excluding tert-OH is 1. The van der Waals surface area contributed by atoms with Crippen LogP contribution in [0.2, 0.25) is 0 Å². The van der Waals surface area contributed by atoms with Crippen LogP contribution in [0.4, 0.5) is 4.39 Å². The van der Waals surface area contributed by atoms with Gasteiger partial charge in [0.2, 0.25) is 5.78 Å². The highest BCUT2D eigenvalue weighted by molar-refractivity contribution is 8.44. The number of alkyl halides is 1. The van der Waals surface area contributed by atoms with Gasteiger partial charge in [0.1, 0.15) is 42.1 Å². The van der Waals surface area contributed by atoms with E-state index in [0.29, 0.717) is 16.9 Å².